The summed E-state index contributed by atoms with van der Waals surface area (Å²) >= 11 is 3.53. The Labute approximate surface area is 182 Å². The van der Waals surface area contributed by atoms with Gasteiger partial charge in [-0.2, -0.15) is 5.10 Å². The van der Waals surface area contributed by atoms with Crippen molar-refractivity contribution in [2.45, 2.75) is 25.6 Å². The highest BCUT2D eigenvalue weighted by Gasteiger charge is 2.43. The Morgan fingerprint density at radius 2 is 1.83 bits per heavy atom. The Kier molecular flexibility index (Phi) is 4.66. The Morgan fingerprint density at radius 3 is 2.57 bits per heavy atom. The van der Waals surface area contributed by atoms with Crippen LogP contribution in [-0.2, 0) is 0 Å². The molecular formula is C24H18BrFN2O2. The third-order valence-electron chi connectivity index (χ3n) is 5.49. The molecule has 4 nitrogen and oxygen atoms in total. The van der Waals surface area contributed by atoms with Crippen molar-refractivity contribution in [3.63, 3.8) is 0 Å². The van der Waals surface area contributed by atoms with E-state index < -0.39 is 6.23 Å². The molecule has 0 N–H and O–H groups in total. The molecule has 5 rings (SSSR count). The predicted molar refractivity (Wildman–Crippen MR) is 116 cm³/mol. The Bertz CT molecular complexity index is 1160. The standard InChI is InChI=1S/C24H18BrFN2O2/c1-14-2-4-15(5-3-14)20-13-21-19-12-17(25)8-11-22(19)30-24(28(21)27-20)23(29)16-6-9-18(26)10-7-16/h2-12,21,24H,13H2,1H3/t21-,24+/m0/s1. The zero-order valence-corrected chi connectivity index (χ0v) is 17.8. The van der Waals surface area contributed by atoms with Crippen LogP contribution in [0.3, 0.4) is 0 Å². The number of hydrogen-bond donors (Lipinski definition) is 0. The molecule has 150 valence electrons. The smallest absolute Gasteiger partial charge is 0.251 e. The van der Waals surface area contributed by atoms with Crippen LogP contribution in [0.1, 0.15) is 39.5 Å². The van der Waals surface area contributed by atoms with Crippen molar-refractivity contribution in [3.05, 3.63) is 99.3 Å². The Balaban J connectivity index is 1.57. The van der Waals surface area contributed by atoms with E-state index in [2.05, 4.69) is 28.1 Å². The molecule has 0 fully saturated rings. The van der Waals surface area contributed by atoms with Gasteiger partial charge in [-0.25, -0.2) is 9.40 Å². The molecule has 3 aromatic carbocycles. The van der Waals surface area contributed by atoms with Gasteiger partial charge in [-0.3, -0.25) is 4.79 Å². The molecule has 0 spiro atoms. The Hall–Kier alpha value is -2.99. The summed E-state index contributed by atoms with van der Waals surface area (Å²) in [4.78, 5) is 13.3. The van der Waals surface area contributed by atoms with Gasteiger partial charge in [0.15, 0.2) is 0 Å². The van der Waals surface area contributed by atoms with E-state index in [4.69, 9.17) is 9.84 Å². The number of rotatable bonds is 3. The van der Waals surface area contributed by atoms with Crippen molar-refractivity contribution in [2.75, 3.05) is 0 Å². The molecular weight excluding hydrogens is 447 g/mol. The van der Waals surface area contributed by atoms with Crippen LogP contribution in [0.4, 0.5) is 4.39 Å². The number of fused-ring (bicyclic) bond motifs is 3. The second-order valence-corrected chi connectivity index (χ2v) is 8.45. The molecule has 0 radical (unpaired) electrons. The lowest BCUT2D eigenvalue weighted by atomic mass is 9.95. The molecule has 0 aliphatic carbocycles. The van der Waals surface area contributed by atoms with Gasteiger partial charge in [0, 0.05) is 22.0 Å². The molecule has 2 aliphatic heterocycles. The fraction of sp³-hybridized carbons (Fsp3) is 0.167. The monoisotopic (exact) mass is 464 g/mol. The molecule has 0 amide bonds. The summed E-state index contributed by atoms with van der Waals surface area (Å²) in [6.45, 7) is 2.04. The third-order valence-corrected chi connectivity index (χ3v) is 5.98. The summed E-state index contributed by atoms with van der Waals surface area (Å²) in [6, 6.07) is 19.4. The average molecular weight is 465 g/mol. The minimum atomic E-state index is -0.905. The number of carbonyl (C=O) groups is 1. The van der Waals surface area contributed by atoms with E-state index in [1.807, 2.05) is 37.3 Å². The van der Waals surface area contributed by atoms with Crippen LogP contribution in [0.5, 0.6) is 5.75 Å². The number of ether oxygens (including phenoxy) is 1. The number of carbonyl (C=O) groups excluding carboxylic acids is 1. The molecule has 2 atom stereocenters. The fourth-order valence-corrected chi connectivity index (χ4v) is 4.29. The first-order chi connectivity index (χ1) is 14.5. The molecule has 30 heavy (non-hydrogen) atoms. The quantitative estimate of drug-likeness (QED) is 0.470. The van der Waals surface area contributed by atoms with Crippen LogP contribution in [0.2, 0.25) is 0 Å². The van der Waals surface area contributed by atoms with E-state index in [0.717, 1.165) is 21.3 Å². The first kappa shape index (κ1) is 19.0. The maximum Gasteiger partial charge on any atom is 0.251 e. The van der Waals surface area contributed by atoms with Crippen molar-refractivity contribution in [1.82, 2.24) is 5.01 Å². The van der Waals surface area contributed by atoms with E-state index in [0.29, 0.717) is 17.7 Å². The van der Waals surface area contributed by atoms with Gasteiger partial charge in [0.1, 0.15) is 11.6 Å². The first-order valence-electron chi connectivity index (χ1n) is 9.68. The number of benzene rings is 3. The van der Waals surface area contributed by atoms with Crippen molar-refractivity contribution >= 4 is 27.4 Å². The lowest BCUT2D eigenvalue weighted by Gasteiger charge is -2.37. The van der Waals surface area contributed by atoms with Crippen molar-refractivity contribution in [2.24, 2.45) is 5.10 Å². The number of nitrogens with zero attached hydrogens (tertiary/aromatic N) is 2. The number of halogens is 2. The Morgan fingerprint density at radius 1 is 1.10 bits per heavy atom. The SMILES string of the molecule is Cc1ccc(C2=NN3[C@@H](C(=O)c4ccc(F)cc4)Oc4ccc(Br)cc4[C@@H]3C2)cc1. The number of aryl methyl sites for hydroxylation is 1. The molecule has 0 unspecified atom stereocenters. The van der Waals surface area contributed by atoms with E-state index in [1.165, 1.54) is 29.8 Å². The predicted octanol–water partition coefficient (Wildman–Crippen LogP) is 5.65. The van der Waals surface area contributed by atoms with Crippen LogP contribution in [-0.4, -0.2) is 22.7 Å². The van der Waals surface area contributed by atoms with E-state index in [9.17, 15) is 9.18 Å². The zero-order valence-electron chi connectivity index (χ0n) is 16.2. The minimum absolute atomic E-state index is 0.114. The topological polar surface area (TPSA) is 41.9 Å². The summed E-state index contributed by atoms with van der Waals surface area (Å²) < 4.78 is 20.4. The van der Waals surface area contributed by atoms with Gasteiger partial charge in [-0.15, -0.1) is 0 Å². The number of Topliss-reactive ketones (excluding diaryl/α,β-unsaturated/α-hetero) is 1. The first-order valence-corrected chi connectivity index (χ1v) is 10.5. The average Bonchev–Trinajstić information content (AvgIpc) is 3.19. The fourth-order valence-electron chi connectivity index (χ4n) is 3.91. The molecule has 0 bridgehead atoms. The lowest BCUT2D eigenvalue weighted by molar-refractivity contribution is -0.00459. The van der Waals surface area contributed by atoms with Crippen LogP contribution < -0.4 is 4.74 Å². The van der Waals surface area contributed by atoms with Gasteiger partial charge in [-0.05, 0) is 55.0 Å². The molecule has 6 heteroatoms. The summed E-state index contributed by atoms with van der Waals surface area (Å²) in [5.41, 5.74) is 4.49. The van der Waals surface area contributed by atoms with Gasteiger partial charge in [0.05, 0.1) is 11.8 Å². The molecule has 0 saturated carbocycles. The second-order valence-electron chi connectivity index (χ2n) is 7.54. The summed E-state index contributed by atoms with van der Waals surface area (Å²) in [6.07, 6.45) is -0.236. The number of hydrogen-bond acceptors (Lipinski definition) is 4. The maximum absolute atomic E-state index is 13.3. The van der Waals surface area contributed by atoms with Gasteiger partial charge >= 0.3 is 0 Å². The highest BCUT2D eigenvalue weighted by Crippen LogP contribution is 2.44. The number of hydrazone groups is 1. The minimum Gasteiger partial charge on any atom is -0.461 e. The van der Waals surface area contributed by atoms with E-state index in [1.54, 1.807) is 5.01 Å². The van der Waals surface area contributed by atoms with Gasteiger partial charge in [0.25, 0.3) is 6.23 Å². The van der Waals surface area contributed by atoms with Gasteiger partial charge in [-0.1, -0.05) is 45.8 Å². The van der Waals surface area contributed by atoms with E-state index >= 15 is 0 Å². The largest absolute Gasteiger partial charge is 0.461 e. The van der Waals surface area contributed by atoms with Crippen molar-refractivity contribution < 1.29 is 13.9 Å². The molecule has 2 heterocycles. The number of ketones is 1. The van der Waals surface area contributed by atoms with E-state index in [-0.39, 0.29) is 17.6 Å². The van der Waals surface area contributed by atoms with Gasteiger partial charge < -0.3 is 4.74 Å². The maximum atomic E-state index is 13.3. The highest BCUT2D eigenvalue weighted by atomic mass is 79.9. The summed E-state index contributed by atoms with van der Waals surface area (Å²) in [5, 5.41) is 6.54. The lowest BCUT2D eigenvalue weighted by Crippen LogP contribution is -2.45. The normalized spacial score (nSPS) is 19.6. The molecule has 0 aromatic heterocycles. The van der Waals surface area contributed by atoms with Crippen molar-refractivity contribution in [1.29, 1.82) is 0 Å². The van der Waals surface area contributed by atoms with Crippen LogP contribution in [0.25, 0.3) is 0 Å². The summed E-state index contributed by atoms with van der Waals surface area (Å²) in [7, 11) is 0. The molecule has 3 aromatic rings. The van der Waals surface area contributed by atoms with Crippen LogP contribution in [0, 0.1) is 12.7 Å². The highest BCUT2D eigenvalue weighted by molar-refractivity contribution is 9.10. The molecule has 0 saturated heterocycles. The zero-order chi connectivity index (χ0) is 20.8. The summed E-state index contributed by atoms with van der Waals surface area (Å²) in [5.74, 6) is 0.0350. The van der Waals surface area contributed by atoms with Gasteiger partial charge in [0.2, 0.25) is 5.78 Å². The van der Waals surface area contributed by atoms with Crippen LogP contribution >= 0.6 is 15.9 Å². The second kappa shape index (κ2) is 7.36. The third kappa shape index (κ3) is 3.31. The molecule has 2 aliphatic rings. The van der Waals surface area contributed by atoms with Crippen LogP contribution in [0.15, 0.2) is 76.3 Å². The van der Waals surface area contributed by atoms with Crippen molar-refractivity contribution in [3.8, 4) is 5.75 Å².